The van der Waals surface area contributed by atoms with Crippen molar-refractivity contribution in [2.24, 2.45) is 0 Å². The van der Waals surface area contributed by atoms with Crippen LogP contribution in [-0.2, 0) is 4.74 Å². The van der Waals surface area contributed by atoms with Crippen molar-refractivity contribution >= 4 is 22.3 Å². The molecule has 32 heavy (non-hydrogen) atoms. The van der Waals surface area contributed by atoms with E-state index in [0.29, 0.717) is 17.7 Å². The van der Waals surface area contributed by atoms with Gasteiger partial charge >= 0.3 is 5.97 Å². The molecular formula is C24H21N5O2S. The van der Waals surface area contributed by atoms with E-state index in [2.05, 4.69) is 16.0 Å². The fraction of sp³-hybridized carbons (Fsp3) is 0.250. The molecule has 1 saturated heterocycles. The molecule has 2 aromatic carbocycles. The van der Waals surface area contributed by atoms with E-state index in [9.17, 15) is 4.79 Å². The second kappa shape index (κ2) is 8.91. The van der Waals surface area contributed by atoms with Crippen LogP contribution in [0.2, 0.25) is 0 Å². The van der Waals surface area contributed by atoms with Gasteiger partial charge in [0.05, 0.1) is 29.1 Å². The molecule has 0 bridgehead atoms. The summed E-state index contributed by atoms with van der Waals surface area (Å²) in [6.45, 7) is 3.40. The van der Waals surface area contributed by atoms with Crippen molar-refractivity contribution in [1.29, 1.82) is 5.26 Å². The third-order valence-corrected chi connectivity index (χ3v) is 6.57. The zero-order valence-corrected chi connectivity index (χ0v) is 18.2. The van der Waals surface area contributed by atoms with Crippen molar-refractivity contribution in [1.82, 2.24) is 19.5 Å². The van der Waals surface area contributed by atoms with Crippen LogP contribution < -0.4 is 0 Å². The van der Waals surface area contributed by atoms with Gasteiger partial charge < -0.3 is 4.74 Å². The van der Waals surface area contributed by atoms with Crippen LogP contribution in [-0.4, -0.2) is 51.7 Å². The minimum absolute atomic E-state index is 0.298. The van der Waals surface area contributed by atoms with Crippen LogP contribution >= 0.6 is 11.3 Å². The van der Waals surface area contributed by atoms with E-state index in [1.165, 1.54) is 24.2 Å². The monoisotopic (exact) mass is 443 g/mol. The van der Waals surface area contributed by atoms with E-state index in [1.54, 1.807) is 30.5 Å². The quantitative estimate of drug-likeness (QED) is 0.414. The van der Waals surface area contributed by atoms with Gasteiger partial charge in [0.2, 0.25) is 4.96 Å². The highest BCUT2D eigenvalue weighted by molar-refractivity contribution is 7.19. The second-order valence-electron chi connectivity index (χ2n) is 7.70. The Labute approximate surface area is 189 Å². The molecule has 5 rings (SSSR count). The fourth-order valence-electron chi connectivity index (χ4n) is 3.83. The van der Waals surface area contributed by atoms with E-state index in [1.807, 2.05) is 28.8 Å². The van der Waals surface area contributed by atoms with E-state index < -0.39 is 0 Å². The highest BCUT2D eigenvalue weighted by atomic mass is 32.1. The van der Waals surface area contributed by atoms with Gasteiger partial charge in [-0.25, -0.2) is 14.3 Å². The van der Waals surface area contributed by atoms with Gasteiger partial charge in [-0.2, -0.15) is 10.4 Å². The molecule has 8 heteroatoms. The van der Waals surface area contributed by atoms with Crippen molar-refractivity contribution in [3.05, 3.63) is 65.9 Å². The molecule has 2 aromatic heterocycles. The van der Waals surface area contributed by atoms with Gasteiger partial charge in [-0.15, -0.1) is 0 Å². The van der Waals surface area contributed by atoms with Crippen LogP contribution in [0.3, 0.4) is 0 Å². The summed E-state index contributed by atoms with van der Waals surface area (Å²) < 4.78 is 7.23. The number of aromatic nitrogens is 3. The van der Waals surface area contributed by atoms with E-state index in [0.717, 1.165) is 46.4 Å². The lowest BCUT2D eigenvalue weighted by Crippen LogP contribution is -2.25. The summed E-state index contributed by atoms with van der Waals surface area (Å²) in [4.78, 5) is 19.9. The van der Waals surface area contributed by atoms with E-state index >= 15 is 0 Å². The molecule has 1 fully saturated rings. The number of esters is 1. The van der Waals surface area contributed by atoms with Gasteiger partial charge in [0.25, 0.3) is 0 Å². The Morgan fingerprint density at radius 1 is 1.06 bits per heavy atom. The number of carbonyl (C=O) groups is 1. The topological polar surface area (TPSA) is 83.5 Å². The molecule has 1 aliphatic heterocycles. The number of carbonyl (C=O) groups excluding carboxylic acids is 1. The molecule has 0 N–H and O–H groups in total. The molecule has 0 spiro atoms. The van der Waals surface area contributed by atoms with Crippen LogP contribution in [0.15, 0.2) is 54.7 Å². The average Bonchev–Trinajstić information content (AvgIpc) is 3.57. The minimum atomic E-state index is -0.298. The molecule has 7 nitrogen and oxygen atoms in total. The number of hydrogen-bond donors (Lipinski definition) is 0. The first-order valence-electron chi connectivity index (χ1n) is 10.6. The van der Waals surface area contributed by atoms with E-state index in [-0.39, 0.29) is 5.97 Å². The highest BCUT2D eigenvalue weighted by Crippen LogP contribution is 2.29. The average molecular weight is 444 g/mol. The summed E-state index contributed by atoms with van der Waals surface area (Å²) in [5.74, 6) is -0.298. The van der Waals surface area contributed by atoms with E-state index in [4.69, 9.17) is 15.1 Å². The predicted molar refractivity (Wildman–Crippen MR) is 122 cm³/mol. The lowest BCUT2D eigenvalue weighted by molar-refractivity contribution is 0.0472. The molecule has 0 atom stereocenters. The maximum absolute atomic E-state index is 12.3. The first-order chi connectivity index (χ1) is 15.7. The third-order valence-electron chi connectivity index (χ3n) is 5.60. The van der Waals surface area contributed by atoms with Crippen molar-refractivity contribution in [2.45, 2.75) is 12.8 Å². The minimum Gasteiger partial charge on any atom is -0.461 e. The van der Waals surface area contributed by atoms with Crippen LogP contribution in [0, 0.1) is 11.3 Å². The summed E-state index contributed by atoms with van der Waals surface area (Å²) >= 11 is 1.48. The van der Waals surface area contributed by atoms with Crippen molar-refractivity contribution in [3.8, 4) is 27.9 Å². The zero-order valence-electron chi connectivity index (χ0n) is 17.4. The Morgan fingerprint density at radius 2 is 1.78 bits per heavy atom. The number of nitriles is 1. The number of fused-ring (bicyclic) bond motifs is 1. The molecule has 3 heterocycles. The largest absolute Gasteiger partial charge is 0.461 e. The van der Waals surface area contributed by atoms with Crippen molar-refractivity contribution < 1.29 is 9.53 Å². The Kier molecular flexibility index (Phi) is 5.67. The lowest BCUT2D eigenvalue weighted by Gasteiger charge is -2.14. The highest BCUT2D eigenvalue weighted by Gasteiger charge is 2.15. The first kappa shape index (κ1) is 20.4. The summed E-state index contributed by atoms with van der Waals surface area (Å²) in [6.07, 6.45) is 4.24. The Hall–Kier alpha value is -3.54. The lowest BCUT2D eigenvalue weighted by atomic mass is 10.1. The first-order valence-corrected chi connectivity index (χ1v) is 11.4. The molecule has 0 amide bonds. The predicted octanol–water partition coefficient (Wildman–Crippen LogP) is 4.25. The van der Waals surface area contributed by atoms with Gasteiger partial charge in [-0.05, 0) is 50.2 Å². The molecule has 0 aliphatic carbocycles. The smallest absolute Gasteiger partial charge is 0.338 e. The van der Waals surface area contributed by atoms with Gasteiger partial charge in [0.1, 0.15) is 11.6 Å². The maximum atomic E-state index is 12.3. The van der Waals surface area contributed by atoms with Crippen LogP contribution in [0.5, 0.6) is 0 Å². The molecule has 1 aliphatic rings. The van der Waals surface area contributed by atoms with Crippen LogP contribution in [0.1, 0.15) is 28.8 Å². The summed E-state index contributed by atoms with van der Waals surface area (Å²) in [5.41, 5.74) is 3.88. The number of hydrogen-bond acceptors (Lipinski definition) is 7. The number of likely N-dealkylation sites (tertiary alicyclic amines) is 1. The summed E-state index contributed by atoms with van der Waals surface area (Å²) in [7, 11) is 0. The fourth-order valence-corrected chi connectivity index (χ4v) is 4.71. The summed E-state index contributed by atoms with van der Waals surface area (Å²) in [6, 6.07) is 16.8. The molecule has 4 aromatic rings. The van der Waals surface area contributed by atoms with Gasteiger partial charge in [-0.1, -0.05) is 35.6 Å². The molecule has 0 unspecified atom stereocenters. The molecule has 160 valence electrons. The molecule has 0 radical (unpaired) electrons. The number of rotatable bonds is 6. The molecular weight excluding hydrogens is 422 g/mol. The van der Waals surface area contributed by atoms with Crippen molar-refractivity contribution in [3.63, 3.8) is 0 Å². The Balaban J connectivity index is 1.29. The van der Waals surface area contributed by atoms with Gasteiger partial charge in [0, 0.05) is 17.7 Å². The maximum Gasteiger partial charge on any atom is 0.338 e. The Bertz CT molecular complexity index is 1280. The SMILES string of the molecule is N#Cc1ccc(-c2cnc3sc(-c4ccc(C(=O)OCCN5CCCC5)cc4)nn23)cc1. The van der Waals surface area contributed by atoms with Gasteiger partial charge in [-0.3, -0.25) is 4.90 Å². The zero-order chi connectivity index (χ0) is 21.9. The number of nitrogens with zero attached hydrogens (tertiary/aromatic N) is 5. The number of benzene rings is 2. The van der Waals surface area contributed by atoms with Crippen LogP contribution in [0.25, 0.3) is 26.8 Å². The normalized spacial score (nSPS) is 14.0. The number of imidazole rings is 1. The molecule has 0 saturated carbocycles. The summed E-state index contributed by atoms with van der Waals surface area (Å²) in [5, 5.41) is 14.5. The third kappa shape index (κ3) is 4.13. The van der Waals surface area contributed by atoms with Gasteiger partial charge in [0.15, 0.2) is 0 Å². The second-order valence-corrected chi connectivity index (χ2v) is 8.65. The number of ether oxygens (including phenoxy) is 1. The standard InChI is InChI=1S/C24H21N5O2S/c25-15-17-3-5-18(6-4-17)21-16-26-24-29(21)27-22(32-24)19-7-9-20(10-8-19)23(30)31-14-13-28-11-1-2-12-28/h3-10,16H,1-2,11-14H2. The van der Waals surface area contributed by atoms with Crippen molar-refractivity contribution in [2.75, 3.05) is 26.2 Å². The van der Waals surface area contributed by atoms with Crippen LogP contribution in [0.4, 0.5) is 0 Å². The Morgan fingerprint density at radius 3 is 2.50 bits per heavy atom.